The molecule has 0 saturated heterocycles. The van der Waals surface area contributed by atoms with Gasteiger partial charge < -0.3 is 29.6 Å². The maximum atomic E-state index is 12.3. The first-order chi connectivity index (χ1) is 17.9. The van der Waals surface area contributed by atoms with E-state index in [0.29, 0.717) is 30.0 Å². The molecule has 0 radical (unpaired) electrons. The van der Waals surface area contributed by atoms with E-state index in [1.807, 2.05) is 50.2 Å². The van der Waals surface area contributed by atoms with E-state index in [-0.39, 0.29) is 24.4 Å². The molecule has 0 aliphatic rings. The predicted molar refractivity (Wildman–Crippen MR) is 142 cm³/mol. The number of hydrogen-bond donors (Lipinski definition) is 1. The van der Waals surface area contributed by atoms with Gasteiger partial charge in [0.2, 0.25) is 0 Å². The SMILES string of the molecule is CC(C)C(=O)Oc1ccc(CO)cc1C(CCN(C(C)C)C(C)C)c1ccccc1.O=C([O-])/C=C/C(=O)[O-]. The van der Waals surface area contributed by atoms with E-state index in [2.05, 4.69) is 44.7 Å². The Morgan fingerprint density at radius 3 is 1.89 bits per heavy atom. The lowest BCUT2D eigenvalue weighted by atomic mass is 9.86. The monoisotopic (exact) mass is 525 g/mol. The molecule has 0 bridgehead atoms. The van der Waals surface area contributed by atoms with Crippen molar-refractivity contribution in [2.24, 2.45) is 5.92 Å². The molecule has 2 rings (SSSR count). The predicted octanol–water partition coefficient (Wildman–Crippen LogP) is 2.42. The molecule has 0 aliphatic carbocycles. The molecule has 1 atom stereocenters. The third-order valence-electron chi connectivity index (χ3n) is 5.87. The summed E-state index contributed by atoms with van der Waals surface area (Å²) in [5, 5.41) is 28.6. The Morgan fingerprint density at radius 1 is 0.895 bits per heavy atom. The minimum atomic E-state index is -1.55. The average Bonchev–Trinajstić information content (AvgIpc) is 2.86. The van der Waals surface area contributed by atoms with E-state index < -0.39 is 11.9 Å². The van der Waals surface area contributed by atoms with Crippen molar-refractivity contribution in [1.29, 1.82) is 0 Å². The van der Waals surface area contributed by atoms with Crippen molar-refractivity contribution in [3.05, 3.63) is 77.4 Å². The third kappa shape index (κ3) is 11.3. The molecule has 1 N–H and O–H groups in total. The second-order valence-electron chi connectivity index (χ2n) is 9.75. The molecule has 2 aromatic carbocycles. The highest BCUT2D eigenvalue weighted by Gasteiger charge is 2.23. The van der Waals surface area contributed by atoms with E-state index in [0.717, 1.165) is 24.1 Å². The first-order valence-electron chi connectivity index (χ1n) is 12.7. The number of hydrogen-bond acceptors (Lipinski definition) is 8. The Kier molecular flexibility index (Phi) is 14.0. The largest absolute Gasteiger partial charge is 0.545 e. The molecular weight excluding hydrogens is 486 g/mol. The summed E-state index contributed by atoms with van der Waals surface area (Å²) in [6, 6.07) is 16.9. The van der Waals surface area contributed by atoms with Gasteiger partial charge in [0.25, 0.3) is 0 Å². The highest BCUT2D eigenvalue weighted by molar-refractivity contribution is 5.87. The molecule has 8 nitrogen and oxygen atoms in total. The van der Waals surface area contributed by atoms with Gasteiger partial charge in [-0.2, -0.15) is 0 Å². The van der Waals surface area contributed by atoms with Gasteiger partial charge in [0, 0.05) is 23.6 Å². The second-order valence-corrected chi connectivity index (χ2v) is 9.75. The number of carbonyl (C=O) groups excluding carboxylic acids is 3. The van der Waals surface area contributed by atoms with Gasteiger partial charge in [-0.3, -0.25) is 9.69 Å². The van der Waals surface area contributed by atoms with Gasteiger partial charge in [-0.25, -0.2) is 0 Å². The maximum Gasteiger partial charge on any atom is 0.313 e. The topological polar surface area (TPSA) is 130 Å². The van der Waals surface area contributed by atoms with Gasteiger partial charge in [0.15, 0.2) is 0 Å². The molecule has 8 heteroatoms. The summed E-state index contributed by atoms with van der Waals surface area (Å²) in [6.07, 6.45) is 1.66. The molecular formula is C30H39NO7-2. The maximum absolute atomic E-state index is 12.3. The molecule has 208 valence electrons. The molecule has 0 spiro atoms. The fraction of sp³-hybridized carbons (Fsp3) is 0.433. The van der Waals surface area contributed by atoms with Crippen molar-refractivity contribution < 1.29 is 34.4 Å². The number of carbonyl (C=O) groups is 3. The van der Waals surface area contributed by atoms with Crippen LogP contribution < -0.4 is 14.9 Å². The average molecular weight is 526 g/mol. The number of aliphatic carboxylic acids is 2. The number of ether oxygens (including phenoxy) is 1. The standard InChI is InChI=1S/C26H37NO3.C4H4O4/c1-18(2)26(29)30-25-13-12-21(17-28)16-24(25)23(22-10-8-7-9-11-22)14-15-27(19(3)4)20(5)6;5-3(6)1-2-4(7)8/h7-13,16,18-20,23,28H,14-15,17H2,1-6H3;1-2H,(H,5,6)(H,7,8)/p-2/b;2-1+. The molecule has 0 heterocycles. The zero-order chi connectivity index (χ0) is 28.8. The van der Waals surface area contributed by atoms with Crippen LogP contribution in [0, 0.1) is 5.92 Å². The normalized spacial score (nSPS) is 12.1. The Hall–Kier alpha value is -3.49. The van der Waals surface area contributed by atoms with Crippen LogP contribution in [0.5, 0.6) is 5.75 Å². The van der Waals surface area contributed by atoms with Crippen LogP contribution in [0.1, 0.15) is 70.6 Å². The number of carboxylic acids is 2. The highest BCUT2D eigenvalue weighted by Crippen LogP contribution is 2.36. The first-order valence-corrected chi connectivity index (χ1v) is 12.7. The van der Waals surface area contributed by atoms with Crippen LogP contribution in [0.15, 0.2) is 60.7 Å². The number of nitrogens with zero attached hydrogens (tertiary/aromatic N) is 1. The van der Waals surface area contributed by atoms with Crippen molar-refractivity contribution >= 4 is 17.9 Å². The van der Waals surface area contributed by atoms with Crippen molar-refractivity contribution in [2.45, 2.75) is 72.6 Å². The van der Waals surface area contributed by atoms with Crippen molar-refractivity contribution in [3.8, 4) is 5.75 Å². The summed E-state index contributed by atoms with van der Waals surface area (Å²) in [5.74, 6) is -2.90. The van der Waals surface area contributed by atoms with Gasteiger partial charge in [-0.15, -0.1) is 0 Å². The Bertz CT molecular complexity index is 1040. The van der Waals surface area contributed by atoms with Crippen LogP contribution in [-0.2, 0) is 21.0 Å². The molecule has 38 heavy (non-hydrogen) atoms. The van der Waals surface area contributed by atoms with Crippen LogP contribution >= 0.6 is 0 Å². The number of carboxylic acid groups (broad SMARTS) is 2. The second kappa shape index (κ2) is 16.4. The molecule has 0 aliphatic heterocycles. The summed E-state index contributed by atoms with van der Waals surface area (Å²) >= 11 is 0. The zero-order valence-corrected chi connectivity index (χ0v) is 23.0. The van der Waals surface area contributed by atoms with Crippen molar-refractivity contribution in [1.82, 2.24) is 4.90 Å². The minimum absolute atomic E-state index is 0.0446. The Morgan fingerprint density at radius 2 is 1.45 bits per heavy atom. The lowest BCUT2D eigenvalue weighted by Gasteiger charge is -2.32. The number of esters is 1. The number of aliphatic hydroxyl groups excluding tert-OH is 1. The van der Waals surface area contributed by atoms with Gasteiger partial charge in [0.1, 0.15) is 5.75 Å². The number of aliphatic hydroxyl groups is 1. The summed E-state index contributed by atoms with van der Waals surface area (Å²) in [7, 11) is 0. The zero-order valence-electron chi connectivity index (χ0n) is 23.0. The summed E-state index contributed by atoms with van der Waals surface area (Å²) in [5.41, 5.74) is 2.95. The summed E-state index contributed by atoms with van der Waals surface area (Å²) in [4.78, 5) is 33.7. The smallest absolute Gasteiger partial charge is 0.313 e. The van der Waals surface area contributed by atoms with Crippen LogP contribution in [-0.4, -0.2) is 46.5 Å². The van der Waals surface area contributed by atoms with E-state index in [1.54, 1.807) is 0 Å². The van der Waals surface area contributed by atoms with Crippen molar-refractivity contribution in [3.63, 3.8) is 0 Å². The molecule has 0 fully saturated rings. The molecule has 0 aromatic heterocycles. The quantitative estimate of drug-likeness (QED) is 0.254. The molecule has 2 aromatic rings. The Labute approximate surface area is 225 Å². The number of rotatable bonds is 12. The van der Waals surface area contributed by atoms with Gasteiger partial charge in [-0.05, 0) is 76.1 Å². The van der Waals surface area contributed by atoms with Crippen molar-refractivity contribution in [2.75, 3.05) is 6.54 Å². The van der Waals surface area contributed by atoms with Crippen LogP contribution in [0.3, 0.4) is 0 Å². The van der Waals surface area contributed by atoms with Gasteiger partial charge in [0.05, 0.1) is 24.5 Å². The fourth-order valence-corrected chi connectivity index (χ4v) is 4.00. The van der Waals surface area contributed by atoms with Gasteiger partial charge >= 0.3 is 5.97 Å². The number of benzene rings is 2. The van der Waals surface area contributed by atoms with Gasteiger partial charge in [-0.1, -0.05) is 50.2 Å². The fourth-order valence-electron chi connectivity index (χ4n) is 4.00. The van der Waals surface area contributed by atoms with Crippen LogP contribution in [0.25, 0.3) is 0 Å². The Balaban J connectivity index is 0.000000781. The van der Waals surface area contributed by atoms with E-state index in [4.69, 9.17) is 4.74 Å². The highest BCUT2D eigenvalue weighted by atomic mass is 16.5. The third-order valence-corrected chi connectivity index (χ3v) is 5.87. The molecule has 0 amide bonds. The van der Waals surface area contributed by atoms with Crippen LogP contribution in [0.2, 0.25) is 0 Å². The van der Waals surface area contributed by atoms with Crippen LogP contribution in [0.4, 0.5) is 0 Å². The molecule has 1 unspecified atom stereocenters. The van der Waals surface area contributed by atoms with E-state index in [9.17, 15) is 29.7 Å². The summed E-state index contributed by atoms with van der Waals surface area (Å²) < 4.78 is 5.78. The lowest BCUT2D eigenvalue weighted by Crippen LogP contribution is -2.38. The minimum Gasteiger partial charge on any atom is -0.545 e. The lowest BCUT2D eigenvalue weighted by molar-refractivity contribution is -0.301. The van der Waals surface area contributed by atoms with E-state index >= 15 is 0 Å². The first kappa shape index (κ1) is 32.5. The van der Waals surface area contributed by atoms with E-state index in [1.165, 1.54) is 5.56 Å². The summed E-state index contributed by atoms with van der Waals surface area (Å²) in [6.45, 7) is 13.4. The molecule has 0 saturated carbocycles.